The number of aromatic nitrogens is 2. The molecule has 1 aliphatic rings. The van der Waals surface area contributed by atoms with Gasteiger partial charge < -0.3 is 15.7 Å². The van der Waals surface area contributed by atoms with Crippen molar-refractivity contribution in [1.29, 1.82) is 0 Å². The number of likely N-dealkylation sites (tertiary alicyclic amines) is 1. The summed E-state index contributed by atoms with van der Waals surface area (Å²) in [6.07, 6.45) is 2.68. The number of nitrogens with zero attached hydrogens (tertiary/aromatic N) is 3. The average molecular weight is 274 g/mol. The zero-order valence-corrected chi connectivity index (χ0v) is 10.7. The number of fused-ring (bicyclic) bond motifs is 1. The molecule has 3 N–H and O–H groups in total. The van der Waals surface area contributed by atoms with Gasteiger partial charge in [0.2, 0.25) is 5.91 Å². The number of carbonyl (C=O) groups excluding carboxylic acids is 1. The van der Waals surface area contributed by atoms with Crippen molar-refractivity contribution in [3.8, 4) is 0 Å². The van der Waals surface area contributed by atoms with Crippen LogP contribution in [0, 0.1) is 0 Å². The molecule has 1 unspecified atom stereocenters. The first-order valence-electron chi connectivity index (χ1n) is 6.30. The maximum absolute atomic E-state index is 11.8. The van der Waals surface area contributed by atoms with Crippen LogP contribution in [0.15, 0.2) is 24.5 Å². The number of rotatable bonds is 2. The van der Waals surface area contributed by atoms with E-state index in [-0.39, 0.29) is 12.5 Å². The van der Waals surface area contributed by atoms with Gasteiger partial charge in [-0.1, -0.05) is 0 Å². The highest BCUT2D eigenvalue weighted by Gasteiger charge is 2.29. The van der Waals surface area contributed by atoms with Crippen molar-refractivity contribution in [2.75, 3.05) is 6.54 Å². The van der Waals surface area contributed by atoms with Gasteiger partial charge in [-0.15, -0.1) is 0 Å². The summed E-state index contributed by atoms with van der Waals surface area (Å²) >= 11 is 0. The smallest absolute Gasteiger partial charge is 0.416 e. The summed E-state index contributed by atoms with van der Waals surface area (Å²) < 4.78 is 1.19. The fraction of sp³-hybridized carbons (Fsp3) is 0.308. The molecule has 0 aliphatic carbocycles. The van der Waals surface area contributed by atoms with E-state index in [0.29, 0.717) is 24.2 Å². The van der Waals surface area contributed by atoms with Gasteiger partial charge in [0.05, 0.1) is 18.1 Å². The van der Waals surface area contributed by atoms with Gasteiger partial charge in [-0.3, -0.25) is 9.78 Å². The van der Waals surface area contributed by atoms with Crippen LogP contribution in [0.3, 0.4) is 0 Å². The lowest BCUT2D eigenvalue weighted by molar-refractivity contribution is -0.129. The minimum Gasteiger partial charge on any atom is -0.464 e. The molecule has 7 nitrogen and oxygen atoms in total. The third-order valence-electron chi connectivity index (χ3n) is 3.56. The number of carboxylic acid groups (broad SMARTS) is 1. The summed E-state index contributed by atoms with van der Waals surface area (Å²) in [6.45, 7) is 0.799. The highest BCUT2D eigenvalue weighted by Crippen LogP contribution is 2.21. The molecule has 1 fully saturated rings. The highest BCUT2D eigenvalue weighted by molar-refractivity contribution is 5.90. The topological polar surface area (TPSA) is 101 Å². The zero-order valence-electron chi connectivity index (χ0n) is 10.7. The third-order valence-corrected chi connectivity index (χ3v) is 3.56. The summed E-state index contributed by atoms with van der Waals surface area (Å²) in [4.78, 5) is 28.8. The fourth-order valence-corrected chi connectivity index (χ4v) is 2.57. The second kappa shape index (κ2) is 4.61. The average Bonchev–Trinajstić information content (AvgIpc) is 2.93. The Balaban J connectivity index is 2.01. The van der Waals surface area contributed by atoms with Crippen LogP contribution in [-0.4, -0.2) is 44.1 Å². The second-order valence-electron chi connectivity index (χ2n) is 4.84. The standard InChI is InChI=1S/C13H14N4O3/c14-10-2-4-16(12(10)18)7-9-5-8-6-15-3-1-11(8)17(9)13(19)20/h1,3,5-6,10H,2,4,7,14H2,(H,19,20). The quantitative estimate of drug-likeness (QED) is 0.836. The molecule has 0 aromatic carbocycles. The van der Waals surface area contributed by atoms with E-state index in [1.54, 1.807) is 29.4 Å². The van der Waals surface area contributed by atoms with Gasteiger partial charge in [-0.05, 0) is 18.6 Å². The monoisotopic (exact) mass is 274 g/mol. The van der Waals surface area contributed by atoms with E-state index in [1.807, 2.05) is 0 Å². The number of amides is 1. The number of nitrogens with two attached hydrogens (primary N) is 1. The lowest BCUT2D eigenvalue weighted by atomic mass is 10.3. The SMILES string of the molecule is NC1CCN(Cc2cc3cnccc3n2C(=O)O)C1=O. The second-order valence-corrected chi connectivity index (χ2v) is 4.84. The van der Waals surface area contributed by atoms with Crippen molar-refractivity contribution in [2.24, 2.45) is 5.73 Å². The maximum atomic E-state index is 11.8. The molecule has 0 spiro atoms. The van der Waals surface area contributed by atoms with E-state index in [2.05, 4.69) is 4.98 Å². The molecule has 1 saturated heterocycles. The first-order valence-corrected chi connectivity index (χ1v) is 6.30. The Morgan fingerprint density at radius 2 is 2.35 bits per heavy atom. The molecule has 0 saturated carbocycles. The molecule has 0 radical (unpaired) electrons. The fourth-order valence-electron chi connectivity index (χ4n) is 2.57. The Morgan fingerprint density at radius 1 is 1.55 bits per heavy atom. The minimum absolute atomic E-state index is 0.134. The van der Waals surface area contributed by atoms with Crippen molar-refractivity contribution >= 4 is 22.9 Å². The van der Waals surface area contributed by atoms with Crippen LogP contribution in [0.5, 0.6) is 0 Å². The Hall–Kier alpha value is -2.41. The van der Waals surface area contributed by atoms with Gasteiger partial charge in [0, 0.05) is 30.0 Å². The number of carbonyl (C=O) groups is 2. The normalized spacial score (nSPS) is 18.9. The summed E-state index contributed by atoms with van der Waals surface area (Å²) in [7, 11) is 0. The van der Waals surface area contributed by atoms with Crippen LogP contribution in [-0.2, 0) is 11.3 Å². The molecule has 2 aromatic rings. The van der Waals surface area contributed by atoms with Crippen LogP contribution < -0.4 is 5.73 Å². The molecule has 7 heteroatoms. The van der Waals surface area contributed by atoms with Gasteiger partial charge in [0.1, 0.15) is 0 Å². The number of hydrogen-bond donors (Lipinski definition) is 2. The van der Waals surface area contributed by atoms with E-state index >= 15 is 0 Å². The van der Waals surface area contributed by atoms with E-state index in [4.69, 9.17) is 5.73 Å². The molecule has 1 atom stereocenters. The molecule has 1 amide bonds. The lowest BCUT2D eigenvalue weighted by Crippen LogP contribution is -2.34. The molecule has 0 bridgehead atoms. The van der Waals surface area contributed by atoms with Crippen molar-refractivity contribution < 1.29 is 14.7 Å². The molecule has 20 heavy (non-hydrogen) atoms. The van der Waals surface area contributed by atoms with Crippen molar-refractivity contribution in [3.05, 3.63) is 30.2 Å². The van der Waals surface area contributed by atoms with Gasteiger partial charge >= 0.3 is 6.09 Å². The van der Waals surface area contributed by atoms with Crippen LogP contribution in [0.25, 0.3) is 10.9 Å². The lowest BCUT2D eigenvalue weighted by Gasteiger charge is -2.16. The minimum atomic E-state index is -1.07. The molecular formula is C13H14N4O3. The molecule has 104 valence electrons. The predicted molar refractivity (Wildman–Crippen MR) is 71.2 cm³/mol. The van der Waals surface area contributed by atoms with Gasteiger partial charge in [-0.25, -0.2) is 9.36 Å². The largest absolute Gasteiger partial charge is 0.464 e. The third kappa shape index (κ3) is 1.92. The van der Waals surface area contributed by atoms with Gasteiger partial charge in [0.15, 0.2) is 0 Å². The van der Waals surface area contributed by atoms with Crippen molar-refractivity contribution in [3.63, 3.8) is 0 Å². The van der Waals surface area contributed by atoms with E-state index < -0.39 is 12.1 Å². The first kappa shape index (κ1) is 12.6. The summed E-state index contributed by atoms with van der Waals surface area (Å²) in [5.41, 5.74) is 6.78. The van der Waals surface area contributed by atoms with Crippen LogP contribution in [0.2, 0.25) is 0 Å². The van der Waals surface area contributed by atoms with Crippen LogP contribution >= 0.6 is 0 Å². The number of hydrogen-bond acceptors (Lipinski definition) is 4. The molecule has 3 heterocycles. The summed E-state index contributed by atoms with van der Waals surface area (Å²) in [6, 6.07) is 2.91. The van der Waals surface area contributed by atoms with E-state index in [9.17, 15) is 14.7 Å². The summed E-state index contributed by atoms with van der Waals surface area (Å²) in [5.74, 6) is -0.134. The first-order chi connectivity index (χ1) is 9.58. The van der Waals surface area contributed by atoms with E-state index in [0.717, 1.165) is 5.39 Å². The van der Waals surface area contributed by atoms with Gasteiger partial charge in [-0.2, -0.15) is 0 Å². The Labute approximate surface area is 114 Å². The van der Waals surface area contributed by atoms with Crippen LogP contribution in [0.1, 0.15) is 12.1 Å². The predicted octanol–water partition coefficient (Wildman–Crippen LogP) is 0.622. The molecule has 2 aromatic heterocycles. The summed E-state index contributed by atoms with van der Waals surface area (Å²) in [5, 5.41) is 10.1. The Morgan fingerprint density at radius 3 is 3.00 bits per heavy atom. The van der Waals surface area contributed by atoms with E-state index in [1.165, 1.54) is 4.57 Å². The Kier molecular flexibility index (Phi) is 2.90. The van der Waals surface area contributed by atoms with Crippen molar-refractivity contribution in [1.82, 2.24) is 14.5 Å². The molecule has 1 aliphatic heterocycles. The number of pyridine rings is 1. The van der Waals surface area contributed by atoms with Crippen LogP contribution in [0.4, 0.5) is 4.79 Å². The highest BCUT2D eigenvalue weighted by atomic mass is 16.4. The van der Waals surface area contributed by atoms with Crippen molar-refractivity contribution in [2.45, 2.75) is 19.0 Å². The van der Waals surface area contributed by atoms with Gasteiger partial charge in [0.25, 0.3) is 0 Å². The molecule has 3 rings (SSSR count). The molecular weight excluding hydrogens is 260 g/mol. The maximum Gasteiger partial charge on any atom is 0.416 e. The zero-order chi connectivity index (χ0) is 14.3. The Bertz CT molecular complexity index is 694.